The van der Waals surface area contributed by atoms with Crippen LogP contribution in [0.5, 0.6) is 0 Å². The molecule has 3 N–H and O–H groups in total. The topological polar surface area (TPSA) is 55.1 Å². The van der Waals surface area contributed by atoms with E-state index < -0.39 is 0 Å². The maximum atomic E-state index is 11.5. The van der Waals surface area contributed by atoms with E-state index in [1.54, 1.807) is 0 Å². The molecule has 0 rings (SSSR count). The SMILES string of the molecule is CCCC(CC)NC(=O)[C@H](N)CCC. The van der Waals surface area contributed by atoms with Gasteiger partial charge in [0.2, 0.25) is 5.91 Å². The largest absolute Gasteiger partial charge is 0.352 e. The summed E-state index contributed by atoms with van der Waals surface area (Å²) in [5.41, 5.74) is 5.71. The van der Waals surface area contributed by atoms with Crippen LogP contribution in [0.3, 0.4) is 0 Å². The number of nitrogens with one attached hydrogen (secondary N) is 1. The molecule has 0 aromatic carbocycles. The Morgan fingerprint density at radius 3 is 2.21 bits per heavy atom. The third-order valence-corrected chi connectivity index (χ3v) is 2.41. The highest BCUT2D eigenvalue weighted by atomic mass is 16.2. The second-order valence-electron chi connectivity index (χ2n) is 3.80. The maximum Gasteiger partial charge on any atom is 0.237 e. The lowest BCUT2D eigenvalue weighted by molar-refractivity contribution is -0.123. The van der Waals surface area contributed by atoms with E-state index in [2.05, 4.69) is 19.2 Å². The van der Waals surface area contributed by atoms with Gasteiger partial charge < -0.3 is 11.1 Å². The maximum absolute atomic E-state index is 11.5. The molecule has 0 bridgehead atoms. The molecule has 0 aliphatic carbocycles. The van der Waals surface area contributed by atoms with Gasteiger partial charge in [0.1, 0.15) is 0 Å². The van der Waals surface area contributed by atoms with Crippen molar-refractivity contribution in [3.8, 4) is 0 Å². The summed E-state index contributed by atoms with van der Waals surface area (Å²) in [6.45, 7) is 6.25. The molecule has 0 aliphatic heterocycles. The molecule has 0 aromatic heterocycles. The van der Waals surface area contributed by atoms with Gasteiger partial charge in [-0.05, 0) is 19.3 Å². The second-order valence-corrected chi connectivity index (χ2v) is 3.80. The van der Waals surface area contributed by atoms with E-state index in [4.69, 9.17) is 5.73 Å². The predicted molar refractivity (Wildman–Crippen MR) is 60.0 cm³/mol. The summed E-state index contributed by atoms with van der Waals surface area (Å²) in [6.07, 6.45) is 4.86. The monoisotopic (exact) mass is 200 g/mol. The van der Waals surface area contributed by atoms with Crippen molar-refractivity contribution in [3.05, 3.63) is 0 Å². The van der Waals surface area contributed by atoms with Crippen LogP contribution in [0.15, 0.2) is 0 Å². The van der Waals surface area contributed by atoms with Crippen LogP contribution in [0.2, 0.25) is 0 Å². The molecule has 0 spiro atoms. The van der Waals surface area contributed by atoms with Gasteiger partial charge >= 0.3 is 0 Å². The van der Waals surface area contributed by atoms with Gasteiger partial charge in [0.25, 0.3) is 0 Å². The molecule has 2 atom stereocenters. The molecule has 1 amide bonds. The minimum Gasteiger partial charge on any atom is -0.352 e. The van der Waals surface area contributed by atoms with Crippen LogP contribution in [-0.2, 0) is 4.79 Å². The van der Waals surface area contributed by atoms with Gasteiger partial charge in [-0.3, -0.25) is 4.79 Å². The van der Waals surface area contributed by atoms with Crippen LogP contribution in [0.1, 0.15) is 52.9 Å². The van der Waals surface area contributed by atoms with Gasteiger partial charge in [0.05, 0.1) is 6.04 Å². The summed E-state index contributed by atoms with van der Waals surface area (Å²) in [6, 6.07) is -0.0266. The summed E-state index contributed by atoms with van der Waals surface area (Å²) < 4.78 is 0. The van der Waals surface area contributed by atoms with E-state index in [0.717, 1.165) is 32.1 Å². The zero-order valence-corrected chi connectivity index (χ0v) is 9.68. The van der Waals surface area contributed by atoms with E-state index >= 15 is 0 Å². The van der Waals surface area contributed by atoms with Gasteiger partial charge in [0, 0.05) is 6.04 Å². The summed E-state index contributed by atoms with van der Waals surface area (Å²) in [4.78, 5) is 11.5. The van der Waals surface area contributed by atoms with Gasteiger partial charge in [-0.25, -0.2) is 0 Å². The zero-order valence-electron chi connectivity index (χ0n) is 9.68. The van der Waals surface area contributed by atoms with Gasteiger partial charge in [-0.1, -0.05) is 33.6 Å². The average molecular weight is 200 g/mol. The number of carbonyl (C=O) groups is 1. The fourth-order valence-corrected chi connectivity index (χ4v) is 1.48. The molecule has 1 unspecified atom stereocenters. The van der Waals surface area contributed by atoms with Crippen molar-refractivity contribution in [1.29, 1.82) is 0 Å². The smallest absolute Gasteiger partial charge is 0.237 e. The molecule has 0 aliphatic rings. The van der Waals surface area contributed by atoms with Crippen LogP contribution >= 0.6 is 0 Å². The third-order valence-electron chi connectivity index (χ3n) is 2.41. The van der Waals surface area contributed by atoms with Crippen molar-refractivity contribution in [2.45, 2.75) is 65.0 Å². The van der Waals surface area contributed by atoms with Crippen LogP contribution in [0.25, 0.3) is 0 Å². The highest BCUT2D eigenvalue weighted by Crippen LogP contribution is 2.02. The van der Waals surface area contributed by atoms with E-state index in [9.17, 15) is 4.79 Å². The van der Waals surface area contributed by atoms with Crippen molar-refractivity contribution in [1.82, 2.24) is 5.32 Å². The first-order valence-electron chi connectivity index (χ1n) is 5.71. The highest BCUT2D eigenvalue weighted by Gasteiger charge is 2.15. The van der Waals surface area contributed by atoms with E-state index in [1.165, 1.54) is 0 Å². The number of carbonyl (C=O) groups excluding carboxylic acids is 1. The molecule has 0 aromatic rings. The van der Waals surface area contributed by atoms with Crippen molar-refractivity contribution < 1.29 is 4.79 Å². The second kappa shape index (κ2) is 7.80. The number of hydrogen-bond acceptors (Lipinski definition) is 2. The Morgan fingerprint density at radius 2 is 1.79 bits per heavy atom. The Bertz CT molecular complexity index is 159. The first-order valence-corrected chi connectivity index (χ1v) is 5.71. The van der Waals surface area contributed by atoms with Gasteiger partial charge in [-0.15, -0.1) is 0 Å². The number of rotatable bonds is 7. The highest BCUT2D eigenvalue weighted by molar-refractivity contribution is 5.81. The number of nitrogens with two attached hydrogens (primary N) is 1. The fourth-order valence-electron chi connectivity index (χ4n) is 1.48. The van der Waals surface area contributed by atoms with Crippen LogP contribution in [0.4, 0.5) is 0 Å². The van der Waals surface area contributed by atoms with Crippen molar-refractivity contribution in [3.63, 3.8) is 0 Å². The lowest BCUT2D eigenvalue weighted by Crippen LogP contribution is -2.45. The molecule has 0 heterocycles. The number of hydrogen-bond donors (Lipinski definition) is 2. The predicted octanol–water partition coefficient (Wildman–Crippen LogP) is 1.81. The van der Waals surface area contributed by atoms with Crippen molar-refractivity contribution in [2.75, 3.05) is 0 Å². The lowest BCUT2D eigenvalue weighted by Gasteiger charge is -2.18. The molecule has 3 nitrogen and oxygen atoms in total. The molecule has 0 fully saturated rings. The summed E-state index contributed by atoms with van der Waals surface area (Å²) >= 11 is 0. The Labute approximate surface area is 87.4 Å². The molecule has 0 saturated heterocycles. The van der Waals surface area contributed by atoms with Crippen LogP contribution < -0.4 is 11.1 Å². The van der Waals surface area contributed by atoms with Gasteiger partial charge in [-0.2, -0.15) is 0 Å². The molecule has 0 saturated carbocycles. The summed E-state index contributed by atoms with van der Waals surface area (Å²) in [5.74, 6) is 0.00662. The zero-order chi connectivity index (χ0) is 11.0. The molecule has 84 valence electrons. The molecule has 3 heteroatoms. The Hall–Kier alpha value is -0.570. The first kappa shape index (κ1) is 13.4. The lowest BCUT2D eigenvalue weighted by atomic mass is 10.1. The Kier molecular flexibility index (Phi) is 7.48. The minimum absolute atomic E-state index is 0.00662. The normalized spacial score (nSPS) is 14.9. The van der Waals surface area contributed by atoms with Crippen LogP contribution in [-0.4, -0.2) is 18.0 Å². The minimum atomic E-state index is -0.328. The third kappa shape index (κ3) is 5.22. The van der Waals surface area contributed by atoms with Crippen molar-refractivity contribution in [2.24, 2.45) is 5.73 Å². The van der Waals surface area contributed by atoms with E-state index in [1.807, 2.05) is 6.92 Å². The van der Waals surface area contributed by atoms with E-state index in [0.29, 0.717) is 6.04 Å². The Balaban J connectivity index is 3.88. The first-order chi connectivity index (χ1) is 6.65. The molecule has 0 radical (unpaired) electrons. The Morgan fingerprint density at radius 1 is 1.21 bits per heavy atom. The number of amides is 1. The quantitative estimate of drug-likeness (QED) is 0.658. The molecular weight excluding hydrogens is 176 g/mol. The average Bonchev–Trinajstić information content (AvgIpc) is 2.17. The fraction of sp³-hybridized carbons (Fsp3) is 0.909. The molecular formula is C11H24N2O. The summed E-state index contributed by atoms with van der Waals surface area (Å²) in [7, 11) is 0. The van der Waals surface area contributed by atoms with Crippen LogP contribution in [0, 0.1) is 0 Å². The summed E-state index contributed by atoms with van der Waals surface area (Å²) in [5, 5.41) is 2.99. The molecule has 14 heavy (non-hydrogen) atoms. The van der Waals surface area contributed by atoms with Crippen molar-refractivity contribution >= 4 is 5.91 Å². The van der Waals surface area contributed by atoms with E-state index in [-0.39, 0.29) is 11.9 Å². The standard InChI is InChI=1S/C11H24N2O/c1-4-7-9(6-3)13-11(14)10(12)8-5-2/h9-10H,4-8,12H2,1-3H3,(H,13,14)/t9?,10-/m1/s1. The van der Waals surface area contributed by atoms with Gasteiger partial charge in [0.15, 0.2) is 0 Å².